The van der Waals surface area contributed by atoms with Gasteiger partial charge in [-0.3, -0.25) is 9.59 Å². The molecule has 2 fully saturated rings. The smallest absolute Gasteiger partial charge is 0.339 e. The molecule has 0 radical (unpaired) electrons. The SMILES string of the molecule is CC1CCN(C(=O)c2cnn3ccc(C4CCN(C(=O)c5ccc(C(F)(F)F)cc5)CC4)cc23)CC1. The Hall–Kier alpha value is -3.36. The van der Waals surface area contributed by atoms with Crippen molar-refractivity contribution >= 4 is 17.3 Å². The van der Waals surface area contributed by atoms with E-state index in [2.05, 4.69) is 12.0 Å². The van der Waals surface area contributed by atoms with Crippen molar-refractivity contribution in [3.8, 4) is 0 Å². The summed E-state index contributed by atoms with van der Waals surface area (Å²) in [5.41, 5.74) is 2.00. The van der Waals surface area contributed by atoms with Crippen molar-refractivity contribution in [2.45, 2.75) is 44.7 Å². The van der Waals surface area contributed by atoms with Gasteiger partial charge in [-0.15, -0.1) is 0 Å². The fourth-order valence-corrected chi connectivity index (χ4v) is 5.20. The molecular weight excluding hydrogens is 469 g/mol. The van der Waals surface area contributed by atoms with E-state index in [4.69, 9.17) is 0 Å². The predicted molar refractivity (Wildman–Crippen MR) is 129 cm³/mol. The van der Waals surface area contributed by atoms with Gasteiger partial charge in [-0.2, -0.15) is 18.3 Å². The molecule has 2 aliphatic rings. The summed E-state index contributed by atoms with van der Waals surface area (Å²) in [7, 11) is 0. The number of alkyl halides is 3. The molecule has 0 bridgehead atoms. The normalized spacial score (nSPS) is 18.1. The third-order valence-corrected chi connectivity index (χ3v) is 7.56. The molecule has 5 rings (SSSR count). The van der Waals surface area contributed by atoms with Gasteiger partial charge in [0, 0.05) is 37.9 Å². The number of fused-ring (bicyclic) bond motifs is 1. The number of halogens is 3. The zero-order valence-corrected chi connectivity index (χ0v) is 20.2. The molecule has 6 nitrogen and oxygen atoms in total. The second-order valence-electron chi connectivity index (χ2n) is 9.96. The number of amides is 2. The van der Waals surface area contributed by atoms with Crippen LogP contribution >= 0.6 is 0 Å². The number of carbonyl (C=O) groups excluding carboxylic acids is 2. The molecule has 2 aromatic heterocycles. The molecule has 3 aromatic rings. The summed E-state index contributed by atoms with van der Waals surface area (Å²) in [6, 6.07) is 8.42. The number of pyridine rings is 1. The van der Waals surface area contributed by atoms with Crippen LogP contribution in [-0.4, -0.2) is 57.4 Å². The van der Waals surface area contributed by atoms with Crippen LogP contribution in [0.4, 0.5) is 13.2 Å². The van der Waals surface area contributed by atoms with Crippen LogP contribution in [0.1, 0.15) is 70.4 Å². The number of nitrogens with zero attached hydrogens (tertiary/aromatic N) is 4. The highest BCUT2D eigenvalue weighted by atomic mass is 19.4. The van der Waals surface area contributed by atoms with E-state index < -0.39 is 11.7 Å². The summed E-state index contributed by atoms with van der Waals surface area (Å²) in [6.07, 6.45) is 2.60. The lowest BCUT2D eigenvalue weighted by Gasteiger charge is -2.32. The molecule has 2 amide bonds. The van der Waals surface area contributed by atoms with E-state index in [-0.39, 0.29) is 23.3 Å². The zero-order valence-electron chi connectivity index (χ0n) is 20.2. The number of likely N-dealkylation sites (tertiary alicyclic amines) is 2. The maximum absolute atomic E-state index is 13.2. The zero-order chi connectivity index (χ0) is 25.4. The van der Waals surface area contributed by atoms with Crippen LogP contribution in [-0.2, 0) is 6.18 Å². The lowest BCUT2D eigenvalue weighted by molar-refractivity contribution is -0.137. The first-order valence-corrected chi connectivity index (χ1v) is 12.4. The molecule has 2 saturated heterocycles. The number of benzene rings is 1. The summed E-state index contributed by atoms with van der Waals surface area (Å²) in [5.74, 6) is 0.630. The molecule has 0 atom stereocenters. The lowest BCUT2D eigenvalue weighted by Crippen LogP contribution is -2.38. The molecule has 2 aliphatic heterocycles. The highest BCUT2D eigenvalue weighted by molar-refractivity contribution is 6.00. The van der Waals surface area contributed by atoms with E-state index in [1.807, 2.05) is 23.2 Å². The van der Waals surface area contributed by atoms with Crippen LogP contribution < -0.4 is 0 Å². The number of aromatic nitrogens is 2. The Morgan fingerprint density at radius 3 is 2.14 bits per heavy atom. The summed E-state index contributed by atoms with van der Waals surface area (Å²) in [4.78, 5) is 29.6. The van der Waals surface area contributed by atoms with Gasteiger partial charge in [0.2, 0.25) is 0 Å². The average molecular weight is 499 g/mol. The maximum atomic E-state index is 13.2. The summed E-state index contributed by atoms with van der Waals surface area (Å²) in [6.45, 7) is 4.79. The first-order chi connectivity index (χ1) is 17.2. The van der Waals surface area contributed by atoms with E-state index >= 15 is 0 Å². The van der Waals surface area contributed by atoms with Gasteiger partial charge in [-0.1, -0.05) is 6.92 Å². The molecule has 0 aliphatic carbocycles. The Morgan fingerprint density at radius 2 is 1.50 bits per heavy atom. The van der Waals surface area contributed by atoms with E-state index in [0.29, 0.717) is 24.6 Å². The Balaban J connectivity index is 1.26. The van der Waals surface area contributed by atoms with Crippen LogP contribution in [0.15, 0.2) is 48.8 Å². The number of piperidine rings is 2. The van der Waals surface area contributed by atoms with Crippen molar-refractivity contribution in [1.82, 2.24) is 19.4 Å². The minimum Gasteiger partial charge on any atom is -0.339 e. The van der Waals surface area contributed by atoms with Crippen molar-refractivity contribution < 1.29 is 22.8 Å². The van der Waals surface area contributed by atoms with Crippen molar-refractivity contribution in [3.05, 3.63) is 71.0 Å². The van der Waals surface area contributed by atoms with Crippen LogP contribution in [0, 0.1) is 5.92 Å². The molecule has 9 heteroatoms. The van der Waals surface area contributed by atoms with Gasteiger partial charge in [0.25, 0.3) is 11.8 Å². The van der Waals surface area contributed by atoms with Crippen molar-refractivity contribution in [3.63, 3.8) is 0 Å². The van der Waals surface area contributed by atoms with Gasteiger partial charge in [0.15, 0.2) is 0 Å². The second kappa shape index (κ2) is 9.59. The summed E-state index contributed by atoms with van der Waals surface area (Å²) in [5, 5.41) is 4.37. The lowest BCUT2D eigenvalue weighted by atomic mass is 9.89. The third-order valence-electron chi connectivity index (χ3n) is 7.56. The van der Waals surface area contributed by atoms with E-state index in [0.717, 1.165) is 62.0 Å². The molecule has 36 heavy (non-hydrogen) atoms. The minimum atomic E-state index is -4.42. The van der Waals surface area contributed by atoms with Crippen LogP contribution in [0.2, 0.25) is 0 Å². The molecule has 0 spiro atoms. The Bertz CT molecular complexity index is 1250. The van der Waals surface area contributed by atoms with E-state index in [1.54, 1.807) is 15.6 Å². The van der Waals surface area contributed by atoms with Crippen LogP contribution in [0.3, 0.4) is 0 Å². The summed E-state index contributed by atoms with van der Waals surface area (Å²) >= 11 is 0. The number of hydrogen-bond acceptors (Lipinski definition) is 3. The monoisotopic (exact) mass is 498 g/mol. The quantitative estimate of drug-likeness (QED) is 0.496. The Labute approximate surface area is 207 Å². The van der Waals surface area contributed by atoms with Gasteiger partial charge >= 0.3 is 6.18 Å². The van der Waals surface area contributed by atoms with Gasteiger partial charge in [-0.05, 0) is 79.5 Å². The van der Waals surface area contributed by atoms with Gasteiger partial charge < -0.3 is 9.80 Å². The molecule has 1 aromatic carbocycles. The molecule has 4 heterocycles. The number of hydrogen-bond donors (Lipinski definition) is 0. The van der Waals surface area contributed by atoms with E-state index in [9.17, 15) is 22.8 Å². The molecule has 0 unspecified atom stereocenters. The van der Waals surface area contributed by atoms with Gasteiger partial charge in [0.1, 0.15) is 0 Å². The Kier molecular flexibility index (Phi) is 6.49. The van der Waals surface area contributed by atoms with Crippen LogP contribution in [0.25, 0.3) is 5.52 Å². The topological polar surface area (TPSA) is 57.9 Å². The van der Waals surface area contributed by atoms with Crippen LogP contribution in [0.5, 0.6) is 0 Å². The van der Waals surface area contributed by atoms with Gasteiger partial charge in [0.05, 0.1) is 22.8 Å². The minimum absolute atomic E-state index is 0.0195. The summed E-state index contributed by atoms with van der Waals surface area (Å²) < 4.78 is 40.2. The molecule has 0 N–H and O–H groups in total. The molecular formula is C27H29F3N4O2. The van der Waals surface area contributed by atoms with Crippen molar-refractivity contribution in [1.29, 1.82) is 0 Å². The first kappa shape index (κ1) is 24.3. The third kappa shape index (κ3) is 4.83. The Morgan fingerprint density at radius 1 is 0.889 bits per heavy atom. The fourth-order valence-electron chi connectivity index (χ4n) is 5.20. The first-order valence-electron chi connectivity index (χ1n) is 12.4. The maximum Gasteiger partial charge on any atom is 0.416 e. The average Bonchev–Trinajstić information content (AvgIpc) is 3.31. The largest absolute Gasteiger partial charge is 0.416 e. The highest BCUT2D eigenvalue weighted by Crippen LogP contribution is 2.32. The standard InChI is InChI=1S/C27H29F3N4O2/c1-18-6-11-33(12-7-18)26(36)23-17-31-34-15-10-21(16-24(23)34)19-8-13-32(14-9-19)25(35)20-2-4-22(5-3-20)27(28,29)30/h2-5,10,15-19H,6-9,11-14H2,1H3. The molecule has 0 saturated carbocycles. The van der Waals surface area contributed by atoms with Crippen molar-refractivity contribution in [2.24, 2.45) is 5.92 Å². The second-order valence-corrected chi connectivity index (χ2v) is 9.96. The predicted octanol–water partition coefficient (Wildman–Crippen LogP) is 5.25. The number of rotatable bonds is 3. The van der Waals surface area contributed by atoms with E-state index in [1.165, 1.54) is 12.1 Å². The fraction of sp³-hybridized carbons (Fsp3) is 0.444. The van der Waals surface area contributed by atoms with Crippen molar-refractivity contribution in [2.75, 3.05) is 26.2 Å². The number of carbonyl (C=O) groups is 2. The molecule has 190 valence electrons. The highest BCUT2D eigenvalue weighted by Gasteiger charge is 2.31. The van der Waals surface area contributed by atoms with Gasteiger partial charge in [-0.25, -0.2) is 4.52 Å².